The fraction of sp³-hybridized carbons (Fsp3) is 0.250. The second kappa shape index (κ2) is 2.70. The maximum Gasteiger partial charge on any atom is 0.223 e. The van der Waals surface area contributed by atoms with Crippen LogP contribution in [0.25, 0.3) is 0 Å². The topological polar surface area (TPSA) is 74.8 Å². The van der Waals surface area contributed by atoms with Gasteiger partial charge in [0, 0.05) is 6.07 Å². The van der Waals surface area contributed by atoms with Crippen molar-refractivity contribution in [2.75, 3.05) is 4.72 Å². The summed E-state index contributed by atoms with van der Waals surface area (Å²) in [7, 11) is -2.58. The van der Waals surface area contributed by atoms with Gasteiger partial charge in [-0.1, -0.05) is 0 Å². The molecule has 1 aromatic heterocycles. The van der Waals surface area contributed by atoms with E-state index >= 15 is 0 Å². The number of H-pyrrole nitrogens is 1. The maximum atomic E-state index is 10.1. The van der Waals surface area contributed by atoms with Crippen molar-refractivity contribution < 1.29 is 8.42 Å². The third-order valence-electron chi connectivity index (χ3n) is 0.918. The van der Waals surface area contributed by atoms with E-state index in [1.54, 1.807) is 13.0 Å². The third-order valence-corrected chi connectivity index (χ3v) is 1.34. The van der Waals surface area contributed by atoms with Gasteiger partial charge >= 0.3 is 0 Å². The number of hydrogen-bond acceptors (Lipinski definition) is 3. The monoisotopic (exact) mass is 161 g/mol. The highest BCUT2D eigenvalue weighted by atomic mass is 32.2. The molecule has 0 aromatic carbocycles. The van der Waals surface area contributed by atoms with Crippen molar-refractivity contribution in [3.05, 3.63) is 11.8 Å². The number of rotatable bonds is 2. The third kappa shape index (κ3) is 1.73. The molecule has 1 heterocycles. The first-order valence-corrected chi connectivity index (χ1v) is 3.79. The van der Waals surface area contributed by atoms with Crippen LogP contribution in [0.2, 0.25) is 0 Å². The van der Waals surface area contributed by atoms with E-state index in [0.717, 1.165) is 5.69 Å². The standard InChI is InChI=1S/C4H7N3O2S/c1-3-2-4(6-5-3)7-10(8)9/h2,10H,1H3,(H2,5,6,7,8,9). The zero-order valence-corrected chi connectivity index (χ0v) is 6.18. The summed E-state index contributed by atoms with van der Waals surface area (Å²) in [5, 5.41) is 6.21. The van der Waals surface area contributed by atoms with Crippen LogP contribution in [-0.4, -0.2) is 18.6 Å². The Kier molecular flexibility index (Phi) is 1.91. The molecule has 56 valence electrons. The first-order chi connectivity index (χ1) is 4.68. The summed E-state index contributed by atoms with van der Waals surface area (Å²) in [6.45, 7) is 1.76. The molecule has 2 N–H and O–H groups in total. The average molecular weight is 161 g/mol. The van der Waals surface area contributed by atoms with Gasteiger partial charge in [-0.05, 0) is 6.92 Å². The molecule has 6 heteroatoms. The maximum absolute atomic E-state index is 10.1. The van der Waals surface area contributed by atoms with Crippen molar-refractivity contribution in [2.24, 2.45) is 0 Å². The van der Waals surface area contributed by atoms with Crippen LogP contribution >= 0.6 is 0 Å². The molecule has 0 saturated heterocycles. The van der Waals surface area contributed by atoms with Gasteiger partial charge in [0.25, 0.3) is 0 Å². The molecule has 0 fully saturated rings. The molecule has 1 rings (SSSR count). The van der Waals surface area contributed by atoms with Crippen molar-refractivity contribution in [3.63, 3.8) is 0 Å². The number of hydrogen-bond donors (Lipinski definition) is 3. The highest BCUT2D eigenvalue weighted by Gasteiger charge is 1.93. The summed E-state index contributed by atoms with van der Waals surface area (Å²) in [6.07, 6.45) is 0. The van der Waals surface area contributed by atoms with E-state index in [1.165, 1.54) is 0 Å². The van der Waals surface area contributed by atoms with Crippen molar-refractivity contribution in [2.45, 2.75) is 6.92 Å². The Morgan fingerprint density at radius 2 is 2.40 bits per heavy atom. The lowest BCUT2D eigenvalue weighted by Crippen LogP contribution is -1.94. The molecule has 10 heavy (non-hydrogen) atoms. The molecule has 5 nitrogen and oxygen atoms in total. The highest BCUT2D eigenvalue weighted by molar-refractivity contribution is 7.73. The normalized spacial score (nSPS) is 10.2. The zero-order valence-electron chi connectivity index (χ0n) is 5.29. The van der Waals surface area contributed by atoms with Crippen LogP contribution in [0.1, 0.15) is 5.69 Å². The molecule has 0 unspecified atom stereocenters. The summed E-state index contributed by atoms with van der Waals surface area (Å²) in [5.74, 6) is 0.397. The minimum absolute atomic E-state index is 0.397. The molecule has 0 atom stereocenters. The summed E-state index contributed by atoms with van der Waals surface area (Å²) >= 11 is 0. The van der Waals surface area contributed by atoms with Crippen LogP contribution in [0.3, 0.4) is 0 Å². The van der Waals surface area contributed by atoms with E-state index in [9.17, 15) is 8.42 Å². The van der Waals surface area contributed by atoms with Gasteiger partial charge in [-0.15, -0.1) is 0 Å². The van der Waals surface area contributed by atoms with Crippen molar-refractivity contribution in [1.29, 1.82) is 0 Å². The Morgan fingerprint density at radius 3 is 2.80 bits per heavy atom. The molecule has 0 amide bonds. The quantitative estimate of drug-likeness (QED) is 0.519. The smallest absolute Gasteiger partial charge is 0.223 e. The number of nitrogens with zero attached hydrogens (tertiary/aromatic N) is 1. The lowest BCUT2D eigenvalue weighted by molar-refractivity contribution is 0.619. The van der Waals surface area contributed by atoms with E-state index in [0.29, 0.717) is 5.82 Å². The van der Waals surface area contributed by atoms with Crippen LogP contribution < -0.4 is 4.72 Å². The van der Waals surface area contributed by atoms with Gasteiger partial charge in [0.05, 0.1) is 5.69 Å². The predicted octanol–water partition coefficient (Wildman–Crippen LogP) is -0.344. The molecule has 0 aliphatic heterocycles. The lowest BCUT2D eigenvalue weighted by atomic mass is 10.5. The first-order valence-electron chi connectivity index (χ1n) is 2.61. The van der Waals surface area contributed by atoms with Gasteiger partial charge in [0.1, 0.15) is 5.82 Å². The Balaban J connectivity index is 2.76. The molecule has 0 radical (unpaired) electrons. The van der Waals surface area contributed by atoms with Crippen LogP contribution in [0, 0.1) is 6.92 Å². The molecule has 0 saturated carbocycles. The minimum atomic E-state index is -2.58. The highest BCUT2D eigenvalue weighted by Crippen LogP contribution is 2.01. The molecular weight excluding hydrogens is 154 g/mol. The van der Waals surface area contributed by atoms with Crippen LogP contribution in [-0.2, 0) is 10.9 Å². The summed E-state index contributed by atoms with van der Waals surface area (Å²) < 4.78 is 22.3. The lowest BCUT2D eigenvalue weighted by Gasteiger charge is -1.87. The van der Waals surface area contributed by atoms with Crippen LogP contribution in [0.5, 0.6) is 0 Å². The van der Waals surface area contributed by atoms with Crippen LogP contribution in [0.15, 0.2) is 6.07 Å². The Morgan fingerprint density at radius 1 is 1.70 bits per heavy atom. The number of anilines is 1. The van der Waals surface area contributed by atoms with Gasteiger partial charge in [0.15, 0.2) is 0 Å². The minimum Gasteiger partial charge on any atom is -0.270 e. The number of aryl methyl sites for hydroxylation is 1. The molecule has 0 aliphatic carbocycles. The fourth-order valence-electron chi connectivity index (χ4n) is 0.577. The average Bonchev–Trinajstić information content (AvgIpc) is 2.13. The molecule has 0 spiro atoms. The van der Waals surface area contributed by atoms with E-state index in [1.807, 2.05) is 0 Å². The summed E-state index contributed by atoms with van der Waals surface area (Å²) in [6, 6.07) is 1.60. The second-order valence-electron chi connectivity index (χ2n) is 1.79. The van der Waals surface area contributed by atoms with Gasteiger partial charge < -0.3 is 0 Å². The van der Waals surface area contributed by atoms with Gasteiger partial charge in [0.2, 0.25) is 10.9 Å². The molecular formula is C4H7N3O2S. The molecule has 0 bridgehead atoms. The molecule has 0 aliphatic rings. The van der Waals surface area contributed by atoms with Gasteiger partial charge in [-0.25, -0.2) is 8.42 Å². The SMILES string of the molecule is Cc1cc(N[SH](=O)=O)[nH]n1. The number of thiol groups is 1. The van der Waals surface area contributed by atoms with Gasteiger partial charge in [-0.3, -0.25) is 9.82 Å². The van der Waals surface area contributed by atoms with Crippen molar-refractivity contribution >= 4 is 16.7 Å². The van der Waals surface area contributed by atoms with Gasteiger partial charge in [-0.2, -0.15) is 5.10 Å². The Bertz CT molecular complexity index is 282. The van der Waals surface area contributed by atoms with E-state index in [-0.39, 0.29) is 0 Å². The second-order valence-corrected chi connectivity index (χ2v) is 2.53. The Hall–Kier alpha value is -1.04. The Labute approximate surface area is 59.5 Å². The number of nitrogens with one attached hydrogen (secondary N) is 2. The van der Waals surface area contributed by atoms with E-state index < -0.39 is 10.9 Å². The number of aromatic nitrogens is 2. The zero-order chi connectivity index (χ0) is 7.56. The van der Waals surface area contributed by atoms with Crippen LogP contribution in [0.4, 0.5) is 5.82 Å². The number of aromatic amines is 1. The summed E-state index contributed by atoms with van der Waals surface area (Å²) in [5.41, 5.74) is 0.749. The largest absolute Gasteiger partial charge is 0.270 e. The van der Waals surface area contributed by atoms with E-state index in [2.05, 4.69) is 14.9 Å². The summed E-state index contributed by atoms with van der Waals surface area (Å²) in [4.78, 5) is 0. The van der Waals surface area contributed by atoms with Crippen molar-refractivity contribution in [1.82, 2.24) is 10.2 Å². The fourth-order valence-corrected chi connectivity index (χ4v) is 0.889. The molecule has 1 aromatic rings. The first kappa shape index (κ1) is 7.07. The predicted molar refractivity (Wildman–Crippen MR) is 37.3 cm³/mol. The van der Waals surface area contributed by atoms with E-state index in [4.69, 9.17) is 0 Å². The van der Waals surface area contributed by atoms with Crippen molar-refractivity contribution in [3.8, 4) is 0 Å².